The van der Waals surface area contributed by atoms with Crippen LogP contribution >= 0.6 is 11.3 Å². The minimum absolute atomic E-state index is 0.311. The standard InChI is InChI=1S/C15H14N2OS/c1-10-9-19-15(17-10)8-16-13-6-2-5-12-11(13)4-3-7-14(12)18/h2-7,9,16,18H,8H2,1H3. The summed E-state index contributed by atoms with van der Waals surface area (Å²) in [5.74, 6) is 0.311. The monoisotopic (exact) mass is 270 g/mol. The van der Waals surface area contributed by atoms with Gasteiger partial charge in [0.25, 0.3) is 0 Å². The first-order valence-corrected chi connectivity index (χ1v) is 6.97. The maximum absolute atomic E-state index is 9.85. The van der Waals surface area contributed by atoms with Gasteiger partial charge in [0.2, 0.25) is 0 Å². The van der Waals surface area contributed by atoms with Gasteiger partial charge in [0.15, 0.2) is 0 Å². The Hall–Kier alpha value is -2.07. The molecule has 0 aliphatic rings. The SMILES string of the molecule is Cc1csc(CNc2cccc3c(O)cccc23)n1. The summed E-state index contributed by atoms with van der Waals surface area (Å²) in [6, 6.07) is 11.4. The predicted octanol–water partition coefficient (Wildman–Crippen LogP) is 3.92. The van der Waals surface area contributed by atoms with Crippen LogP contribution in [0.4, 0.5) is 5.69 Å². The van der Waals surface area contributed by atoms with E-state index >= 15 is 0 Å². The van der Waals surface area contributed by atoms with Gasteiger partial charge in [-0.2, -0.15) is 0 Å². The van der Waals surface area contributed by atoms with Crippen LogP contribution in [0.25, 0.3) is 10.8 Å². The van der Waals surface area contributed by atoms with Crippen molar-refractivity contribution in [2.75, 3.05) is 5.32 Å². The molecule has 0 fully saturated rings. The van der Waals surface area contributed by atoms with Crippen LogP contribution in [0, 0.1) is 6.92 Å². The third-order valence-corrected chi connectivity index (χ3v) is 3.96. The van der Waals surface area contributed by atoms with Crippen LogP contribution in [-0.4, -0.2) is 10.1 Å². The molecule has 0 amide bonds. The molecule has 4 heteroatoms. The van der Waals surface area contributed by atoms with E-state index in [2.05, 4.69) is 10.3 Å². The summed E-state index contributed by atoms with van der Waals surface area (Å²) in [4.78, 5) is 4.43. The van der Waals surface area contributed by atoms with Crippen LogP contribution in [0.2, 0.25) is 0 Å². The van der Waals surface area contributed by atoms with Gasteiger partial charge in [-0.15, -0.1) is 11.3 Å². The molecular weight excluding hydrogens is 256 g/mol. The largest absolute Gasteiger partial charge is 0.507 e. The molecular formula is C15H14N2OS. The summed E-state index contributed by atoms with van der Waals surface area (Å²) in [5, 5.41) is 18.2. The van der Waals surface area contributed by atoms with E-state index in [-0.39, 0.29) is 0 Å². The Bertz CT molecular complexity index is 721. The van der Waals surface area contributed by atoms with Crippen molar-refractivity contribution in [3.05, 3.63) is 52.5 Å². The van der Waals surface area contributed by atoms with Crippen LogP contribution in [0.15, 0.2) is 41.8 Å². The molecule has 2 N–H and O–H groups in total. The molecule has 0 aliphatic heterocycles. The van der Waals surface area contributed by atoms with E-state index in [9.17, 15) is 5.11 Å². The molecule has 0 radical (unpaired) electrons. The van der Waals surface area contributed by atoms with Crippen LogP contribution in [0.3, 0.4) is 0 Å². The molecule has 0 atom stereocenters. The zero-order valence-electron chi connectivity index (χ0n) is 10.6. The van der Waals surface area contributed by atoms with E-state index < -0.39 is 0 Å². The lowest BCUT2D eigenvalue weighted by molar-refractivity contribution is 0.481. The van der Waals surface area contributed by atoms with Gasteiger partial charge < -0.3 is 10.4 Å². The predicted molar refractivity (Wildman–Crippen MR) is 79.8 cm³/mol. The lowest BCUT2D eigenvalue weighted by Crippen LogP contribution is -1.99. The Kier molecular flexibility index (Phi) is 3.09. The van der Waals surface area contributed by atoms with Crippen molar-refractivity contribution in [2.24, 2.45) is 0 Å². The second-order valence-corrected chi connectivity index (χ2v) is 5.36. The van der Waals surface area contributed by atoms with Crippen molar-refractivity contribution < 1.29 is 5.11 Å². The fourth-order valence-corrected chi connectivity index (χ4v) is 2.81. The zero-order valence-corrected chi connectivity index (χ0v) is 11.4. The number of aryl methyl sites for hydroxylation is 1. The number of hydrogen-bond acceptors (Lipinski definition) is 4. The molecule has 0 unspecified atom stereocenters. The van der Waals surface area contributed by atoms with E-state index in [4.69, 9.17) is 0 Å². The van der Waals surface area contributed by atoms with Gasteiger partial charge in [-0.05, 0) is 19.1 Å². The molecule has 1 heterocycles. The van der Waals surface area contributed by atoms with Crippen LogP contribution in [-0.2, 0) is 6.54 Å². The van der Waals surface area contributed by atoms with E-state index in [1.54, 1.807) is 17.4 Å². The highest BCUT2D eigenvalue weighted by Crippen LogP contribution is 2.30. The van der Waals surface area contributed by atoms with Crippen molar-refractivity contribution >= 4 is 27.8 Å². The molecule has 0 saturated carbocycles. The molecule has 3 rings (SSSR count). The number of rotatable bonds is 3. The number of aromatic hydroxyl groups is 1. The number of benzene rings is 2. The average Bonchev–Trinajstić information content (AvgIpc) is 2.83. The fourth-order valence-electron chi connectivity index (χ4n) is 2.10. The molecule has 3 aromatic rings. The Morgan fingerprint density at radius 3 is 2.74 bits per heavy atom. The molecule has 0 spiro atoms. The fraction of sp³-hybridized carbons (Fsp3) is 0.133. The Morgan fingerprint density at radius 1 is 1.16 bits per heavy atom. The molecule has 96 valence electrons. The van der Waals surface area contributed by atoms with Gasteiger partial charge in [-0.1, -0.05) is 24.3 Å². The van der Waals surface area contributed by atoms with Crippen molar-refractivity contribution in [2.45, 2.75) is 13.5 Å². The number of phenols is 1. The van der Waals surface area contributed by atoms with Crippen LogP contribution in [0.1, 0.15) is 10.7 Å². The first-order chi connectivity index (χ1) is 9.24. The minimum atomic E-state index is 0.311. The van der Waals surface area contributed by atoms with E-state index in [1.807, 2.05) is 42.6 Å². The molecule has 1 aromatic heterocycles. The number of anilines is 1. The summed E-state index contributed by atoms with van der Waals surface area (Å²) in [6.45, 7) is 2.70. The highest BCUT2D eigenvalue weighted by atomic mass is 32.1. The Labute approximate surface area is 115 Å². The Morgan fingerprint density at radius 2 is 1.95 bits per heavy atom. The second kappa shape index (κ2) is 4.90. The Balaban J connectivity index is 1.91. The van der Waals surface area contributed by atoms with E-state index in [1.165, 1.54) is 0 Å². The minimum Gasteiger partial charge on any atom is -0.507 e. The highest BCUT2D eigenvalue weighted by molar-refractivity contribution is 7.09. The van der Waals surface area contributed by atoms with Gasteiger partial charge in [0.1, 0.15) is 10.8 Å². The average molecular weight is 270 g/mol. The van der Waals surface area contributed by atoms with Gasteiger partial charge in [-0.25, -0.2) is 4.98 Å². The number of nitrogens with one attached hydrogen (secondary N) is 1. The molecule has 0 aliphatic carbocycles. The topological polar surface area (TPSA) is 45.1 Å². The van der Waals surface area contributed by atoms with Gasteiger partial charge in [0, 0.05) is 27.5 Å². The maximum atomic E-state index is 9.85. The summed E-state index contributed by atoms with van der Waals surface area (Å²) in [5.41, 5.74) is 2.07. The number of fused-ring (bicyclic) bond motifs is 1. The number of nitrogens with zero attached hydrogens (tertiary/aromatic N) is 1. The summed E-state index contributed by atoms with van der Waals surface area (Å²) < 4.78 is 0. The summed E-state index contributed by atoms with van der Waals surface area (Å²) >= 11 is 1.65. The van der Waals surface area contributed by atoms with Crippen molar-refractivity contribution in [3.63, 3.8) is 0 Å². The van der Waals surface area contributed by atoms with Crippen molar-refractivity contribution in [1.82, 2.24) is 4.98 Å². The number of aromatic nitrogens is 1. The number of thiazole rings is 1. The highest BCUT2D eigenvalue weighted by Gasteiger charge is 2.04. The second-order valence-electron chi connectivity index (χ2n) is 4.41. The number of phenolic OH excluding ortho intramolecular Hbond substituents is 1. The smallest absolute Gasteiger partial charge is 0.123 e. The van der Waals surface area contributed by atoms with E-state index in [0.29, 0.717) is 12.3 Å². The van der Waals surface area contributed by atoms with Gasteiger partial charge in [0.05, 0.1) is 6.54 Å². The quantitative estimate of drug-likeness (QED) is 0.758. The summed E-state index contributed by atoms with van der Waals surface area (Å²) in [7, 11) is 0. The van der Waals surface area contributed by atoms with Crippen molar-refractivity contribution in [1.29, 1.82) is 0 Å². The first kappa shape index (κ1) is 12.0. The maximum Gasteiger partial charge on any atom is 0.123 e. The van der Waals surface area contributed by atoms with Crippen molar-refractivity contribution in [3.8, 4) is 5.75 Å². The van der Waals surface area contributed by atoms with Gasteiger partial charge >= 0.3 is 0 Å². The lowest BCUT2D eigenvalue weighted by Gasteiger charge is -2.09. The molecule has 2 aromatic carbocycles. The molecule has 0 saturated heterocycles. The summed E-state index contributed by atoms with van der Waals surface area (Å²) in [6.07, 6.45) is 0. The molecule has 0 bridgehead atoms. The van der Waals surface area contributed by atoms with Crippen LogP contribution < -0.4 is 5.32 Å². The van der Waals surface area contributed by atoms with E-state index in [0.717, 1.165) is 27.2 Å². The number of hydrogen-bond donors (Lipinski definition) is 2. The lowest BCUT2D eigenvalue weighted by atomic mass is 10.1. The molecule has 3 nitrogen and oxygen atoms in total. The van der Waals surface area contributed by atoms with Crippen LogP contribution in [0.5, 0.6) is 5.75 Å². The normalized spacial score (nSPS) is 10.8. The van der Waals surface area contributed by atoms with Gasteiger partial charge in [-0.3, -0.25) is 0 Å². The third-order valence-electron chi connectivity index (χ3n) is 3.00. The molecule has 19 heavy (non-hydrogen) atoms. The first-order valence-electron chi connectivity index (χ1n) is 6.09. The zero-order chi connectivity index (χ0) is 13.2. The third kappa shape index (κ3) is 2.39.